The fraction of sp³-hybridized carbons (Fsp3) is 0.333. The second-order valence-corrected chi connectivity index (χ2v) is 6.70. The average molecular weight is 341 g/mol. The largest absolute Gasteiger partial charge is 0.496 e. The molecule has 1 aliphatic carbocycles. The third-order valence-electron chi connectivity index (χ3n) is 4.31. The lowest BCUT2D eigenvalue weighted by molar-refractivity contribution is 0.0240. The van der Waals surface area contributed by atoms with Crippen LogP contribution in [0, 0.1) is 0 Å². The molecule has 1 atom stereocenters. The first-order valence-corrected chi connectivity index (χ1v) is 8.94. The van der Waals surface area contributed by atoms with Crippen LogP contribution in [0.4, 0.5) is 0 Å². The molecule has 1 aromatic carbocycles. The standard InChI is InChI=1S/C18H19N3O2S/c1-22-15-7-3-2-6-14(15)18-20-13(11-24-18)10-23-16-8-4-5-12-9-19-21-17(12)16/h2-3,6-7,9,11,16H,4-5,8,10H2,1H3,(H,19,21)/t16-/m0/s1. The van der Waals surface area contributed by atoms with Crippen LogP contribution < -0.4 is 4.74 Å². The molecule has 0 saturated carbocycles. The molecule has 24 heavy (non-hydrogen) atoms. The molecule has 2 heterocycles. The van der Waals surface area contributed by atoms with E-state index in [9.17, 15) is 0 Å². The first kappa shape index (κ1) is 15.4. The Morgan fingerprint density at radius 1 is 1.33 bits per heavy atom. The number of benzene rings is 1. The lowest BCUT2D eigenvalue weighted by atomic mass is 9.96. The number of thiazole rings is 1. The van der Waals surface area contributed by atoms with E-state index < -0.39 is 0 Å². The SMILES string of the molecule is COc1ccccc1-c1nc(CO[C@H]2CCCc3cn[nH]c32)cs1. The van der Waals surface area contributed by atoms with Gasteiger partial charge in [0.25, 0.3) is 0 Å². The highest BCUT2D eigenvalue weighted by Gasteiger charge is 2.23. The number of aromatic amines is 1. The molecule has 0 bridgehead atoms. The number of aryl methyl sites for hydroxylation is 1. The molecule has 0 fully saturated rings. The quantitative estimate of drug-likeness (QED) is 0.758. The zero-order valence-electron chi connectivity index (χ0n) is 13.5. The minimum Gasteiger partial charge on any atom is -0.496 e. The number of nitrogens with one attached hydrogen (secondary N) is 1. The van der Waals surface area contributed by atoms with Crippen LogP contribution in [0.15, 0.2) is 35.8 Å². The maximum absolute atomic E-state index is 6.10. The fourth-order valence-corrected chi connectivity index (χ4v) is 3.93. The molecule has 0 unspecified atom stereocenters. The van der Waals surface area contributed by atoms with E-state index in [1.807, 2.05) is 30.5 Å². The van der Waals surface area contributed by atoms with Crippen LogP contribution in [0.3, 0.4) is 0 Å². The van der Waals surface area contributed by atoms with Crippen molar-refractivity contribution in [3.8, 4) is 16.3 Å². The second kappa shape index (κ2) is 6.75. The van der Waals surface area contributed by atoms with E-state index in [-0.39, 0.29) is 6.10 Å². The van der Waals surface area contributed by atoms with E-state index in [0.717, 1.165) is 47.0 Å². The van der Waals surface area contributed by atoms with Crippen LogP contribution in [0.1, 0.15) is 35.9 Å². The van der Waals surface area contributed by atoms with Crippen molar-refractivity contribution >= 4 is 11.3 Å². The first-order valence-electron chi connectivity index (χ1n) is 8.06. The molecule has 2 aromatic heterocycles. The van der Waals surface area contributed by atoms with Crippen LogP contribution in [0.5, 0.6) is 5.75 Å². The molecule has 6 heteroatoms. The van der Waals surface area contributed by atoms with Crippen LogP contribution in [0.2, 0.25) is 0 Å². The van der Waals surface area contributed by atoms with Crippen molar-refractivity contribution in [2.75, 3.05) is 7.11 Å². The number of hydrogen-bond donors (Lipinski definition) is 1. The van der Waals surface area contributed by atoms with Gasteiger partial charge in [0, 0.05) is 5.38 Å². The number of hydrogen-bond acceptors (Lipinski definition) is 5. The lowest BCUT2D eigenvalue weighted by Crippen LogP contribution is -2.12. The third kappa shape index (κ3) is 2.95. The summed E-state index contributed by atoms with van der Waals surface area (Å²) in [6.07, 6.45) is 5.25. The van der Waals surface area contributed by atoms with Gasteiger partial charge in [0.1, 0.15) is 10.8 Å². The number of aromatic nitrogens is 3. The number of ether oxygens (including phenoxy) is 2. The number of H-pyrrole nitrogens is 1. The number of methoxy groups -OCH3 is 1. The van der Waals surface area contributed by atoms with Crippen molar-refractivity contribution in [2.24, 2.45) is 0 Å². The van der Waals surface area contributed by atoms with E-state index in [4.69, 9.17) is 14.5 Å². The average Bonchev–Trinajstić information content (AvgIpc) is 3.29. The topological polar surface area (TPSA) is 60.0 Å². The molecule has 3 aromatic rings. The Bertz CT molecular complexity index is 827. The highest BCUT2D eigenvalue weighted by Crippen LogP contribution is 2.34. The Morgan fingerprint density at radius 2 is 2.25 bits per heavy atom. The van der Waals surface area contributed by atoms with E-state index in [1.54, 1.807) is 18.4 Å². The van der Waals surface area contributed by atoms with Gasteiger partial charge in [0.15, 0.2) is 0 Å². The zero-order chi connectivity index (χ0) is 16.4. The number of nitrogens with zero attached hydrogens (tertiary/aromatic N) is 2. The summed E-state index contributed by atoms with van der Waals surface area (Å²) >= 11 is 1.61. The van der Waals surface area contributed by atoms with Crippen LogP contribution in [0.25, 0.3) is 10.6 Å². The van der Waals surface area contributed by atoms with Crippen LogP contribution >= 0.6 is 11.3 Å². The van der Waals surface area contributed by atoms with Gasteiger partial charge in [-0.1, -0.05) is 12.1 Å². The van der Waals surface area contributed by atoms with Gasteiger partial charge in [0.05, 0.1) is 43.0 Å². The number of para-hydroxylation sites is 1. The van der Waals surface area contributed by atoms with Gasteiger partial charge in [-0.3, -0.25) is 5.10 Å². The fourth-order valence-electron chi connectivity index (χ4n) is 3.09. The van der Waals surface area contributed by atoms with E-state index in [2.05, 4.69) is 15.6 Å². The maximum atomic E-state index is 6.10. The van der Waals surface area contributed by atoms with Gasteiger partial charge >= 0.3 is 0 Å². The van der Waals surface area contributed by atoms with Crippen LogP contribution in [-0.4, -0.2) is 22.3 Å². The Balaban J connectivity index is 1.47. The number of fused-ring (bicyclic) bond motifs is 1. The molecule has 4 rings (SSSR count). The molecule has 1 N–H and O–H groups in total. The van der Waals surface area contributed by atoms with Crippen molar-refractivity contribution in [1.82, 2.24) is 15.2 Å². The van der Waals surface area contributed by atoms with Crippen molar-refractivity contribution in [1.29, 1.82) is 0 Å². The third-order valence-corrected chi connectivity index (χ3v) is 5.23. The zero-order valence-corrected chi connectivity index (χ0v) is 14.3. The van der Waals surface area contributed by atoms with Gasteiger partial charge in [-0.25, -0.2) is 4.98 Å². The van der Waals surface area contributed by atoms with E-state index >= 15 is 0 Å². The minimum absolute atomic E-state index is 0.0904. The van der Waals surface area contributed by atoms with Gasteiger partial charge in [-0.15, -0.1) is 11.3 Å². The molecule has 0 aliphatic heterocycles. The summed E-state index contributed by atoms with van der Waals surface area (Å²) in [7, 11) is 1.68. The van der Waals surface area contributed by atoms with Crippen molar-refractivity contribution in [3.05, 3.63) is 52.8 Å². The minimum atomic E-state index is 0.0904. The summed E-state index contributed by atoms with van der Waals surface area (Å²) in [5, 5.41) is 10.2. The van der Waals surface area contributed by atoms with E-state index in [1.165, 1.54) is 5.56 Å². The first-order chi connectivity index (χ1) is 11.8. The molecule has 5 nitrogen and oxygen atoms in total. The summed E-state index contributed by atoms with van der Waals surface area (Å²) in [4.78, 5) is 4.70. The summed E-state index contributed by atoms with van der Waals surface area (Å²) < 4.78 is 11.5. The molecule has 1 aliphatic rings. The summed E-state index contributed by atoms with van der Waals surface area (Å²) in [5.41, 5.74) is 4.37. The smallest absolute Gasteiger partial charge is 0.129 e. The highest BCUT2D eigenvalue weighted by atomic mass is 32.1. The Hall–Kier alpha value is -2.18. The maximum Gasteiger partial charge on any atom is 0.129 e. The molecule has 0 radical (unpaired) electrons. The predicted octanol–water partition coefficient (Wildman–Crippen LogP) is 4.14. The Morgan fingerprint density at radius 3 is 3.17 bits per heavy atom. The van der Waals surface area contributed by atoms with Crippen molar-refractivity contribution in [2.45, 2.75) is 32.0 Å². The number of rotatable bonds is 5. The van der Waals surface area contributed by atoms with E-state index in [0.29, 0.717) is 6.61 Å². The van der Waals surface area contributed by atoms with Gasteiger partial charge in [-0.2, -0.15) is 5.10 Å². The molecular weight excluding hydrogens is 322 g/mol. The molecule has 0 amide bonds. The highest BCUT2D eigenvalue weighted by molar-refractivity contribution is 7.13. The van der Waals surface area contributed by atoms with Gasteiger partial charge < -0.3 is 9.47 Å². The monoisotopic (exact) mass is 341 g/mol. The van der Waals surface area contributed by atoms with Crippen LogP contribution in [-0.2, 0) is 17.8 Å². The van der Waals surface area contributed by atoms with Gasteiger partial charge in [0.2, 0.25) is 0 Å². The van der Waals surface area contributed by atoms with Crippen molar-refractivity contribution < 1.29 is 9.47 Å². The summed E-state index contributed by atoms with van der Waals surface area (Å²) in [6.45, 7) is 0.509. The predicted molar refractivity (Wildman–Crippen MR) is 93.2 cm³/mol. The molecular formula is C18H19N3O2S. The normalized spacial score (nSPS) is 16.8. The van der Waals surface area contributed by atoms with Crippen molar-refractivity contribution in [3.63, 3.8) is 0 Å². The second-order valence-electron chi connectivity index (χ2n) is 5.85. The summed E-state index contributed by atoms with van der Waals surface area (Å²) in [6, 6.07) is 7.94. The molecule has 0 saturated heterocycles. The molecule has 124 valence electrons. The Labute approximate surface area is 144 Å². The lowest BCUT2D eigenvalue weighted by Gasteiger charge is -2.21. The Kier molecular flexibility index (Phi) is 4.32. The molecule has 0 spiro atoms. The summed E-state index contributed by atoms with van der Waals surface area (Å²) in [5.74, 6) is 0.841. The van der Waals surface area contributed by atoms with Gasteiger partial charge in [-0.05, 0) is 37.0 Å².